The zero-order chi connectivity index (χ0) is 28.6. The van der Waals surface area contributed by atoms with E-state index in [1.165, 1.54) is 18.9 Å². The first kappa shape index (κ1) is 29.9. The van der Waals surface area contributed by atoms with Gasteiger partial charge in [0.1, 0.15) is 0 Å². The Morgan fingerprint density at radius 3 is 2.65 bits per heavy atom. The highest BCUT2D eigenvalue weighted by Crippen LogP contribution is 2.38. The Hall–Kier alpha value is -3.10. The average Bonchev–Trinajstić information content (AvgIpc) is 3.25. The fraction of sp³-hybridized carbons (Fsp3) is 0.357. The lowest BCUT2D eigenvalue weighted by molar-refractivity contribution is -0.145. The lowest BCUT2D eigenvalue weighted by Crippen LogP contribution is -2.40. The van der Waals surface area contributed by atoms with Crippen LogP contribution in [-0.4, -0.2) is 85.9 Å². The molecule has 0 saturated carbocycles. The van der Waals surface area contributed by atoms with Gasteiger partial charge < -0.3 is 23.8 Å². The van der Waals surface area contributed by atoms with E-state index >= 15 is 0 Å². The summed E-state index contributed by atoms with van der Waals surface area (Å²) in [6, 6.07) is 10.7. The minimum Gasteiger partial charge on any atom is -0.493 e. The third kappa shape index (κ3) is 7.15. The summed E-state index contributed by atoms with van der Waals surface area (Å²) in [6.45, 7) is 6.26. The molecular weight excluding hydrogens is 649 g/mol. The molecule has 0 radical (unpaired) electrons. The molecule has 0 atom stereocenters. The second-order valence-corrected chi connectivity index (χ2v) is 10.8. The van der Waals surface area contributed by atoms with Crippen LogP contribution in [0.1, 0.15) is 29.8 Å². The predicted molar refractivity (Wildman–Crippen MR) is 161 cm³/mol. The molecule has 0 aliphatic carbocycles. The molecule has 2 fully saturated rings. The maximum Gasteiger partial charge on any atom is 0.344 e. The van der Waals surface area contributed by atoms with Crippen LogP contribution in [0.25, 0.3) is 6.08 Å². The molecule has 0 spiro atoms. The smallest absolute Gasteiger partial charge is 0.344 e. The van der Waals surface area contributed by atoms with Crippen LogP contribution in [0.2, 0.25) is 0 Å². The van der Waals surface area contributed by atoms with Gasteiger partial charge in [-0.05, 0) is 90.2 Å². The molecule has 10 nitrogen and oxygen atoms in total. The van der Waals surface area contributed by atoms with Crippen molar-refractivity contribution in [2.24, 2.45) is 4.99 Å². The second kappa shape index (κ2) is 14.0. The summed E-state index contributed by atoms with van der Waals surface area (Å²) in [5, 5.41) is 0.533. The molecule has 4 rings (SSSR count). The highest BCUT2D eigenvalue weighted by Gasteiger charge is 2.32. The van der Waals surface area contributed by atoms with E-state index in [9.17, 15) is 14.4 Å². The Morgan fingerprint density at radius 2 is 1.95 bits per heavy atom. The predicted octanol–water partition coefficient (Wildman–Crippen LogP) is 4.34. The van der Waals surface area contributed by atoms with Crippen molar-refractivity contribution in [1.82, 2.24) is 9.80 Å². The number of halogens is 1. The molecule has 12 heteroatoms. The maximum atomic E-state index is 13.2. The van der Waals surface area contributed by atoms with Gasteiger partial charge in [-0.1, -0.05) is 6.07 Å². The van der Waals surface area contributed by atoms with Gasteiger partial charge in [0.15, 0.2) is 23.3 Å². The molecule has 2 aliphatic rings. The second-order valence-electron chi connectivity index (χ2n) is 8.64. The van der Waals surface area contributed by atoms with Gasteiger partial charge in [-0.3, -0.25) is 14.5 Å². The number of ether oxygens (including phenoxy) is 4. The number of thioether (sulfide) groups is 1. The van der Waals surface area contributed by atoms with E-state index in [1.54, 1.807) is 47.1 Å². The summed E-state index contributed by atoms with van der Waals surface area (Å²) in [5.74, 6) is 0.158. The van der Waals surface area contributed by atoms with E-state index in [0.717, 1.165) is 5.56 Å². The van der Waals surface area contributed by atoms with Gasteiger partial charge in [0, 0.05) is 25.2 Å². The number of methoxy groups -OCH3 is 1. The largest absolute Gasteiger partial charge is 0.493 e. The van der Waals surface area contributed by atoms with Crippen LogP contribution in [-0.2, 0) is 19.1 Å². The number of amides is 2. The van der Waals surface area contributed by atoms with Crippen LogP contribution in [0, 0.1) is 3.57 Å². The van der Waals surface area contributed by atoms with Crippen molar-refractivity contribution in [1.29, 1.82) is 0 Å². The summed E-state index contributed by atoms with van der Waals surface area (Å²) in [4.78, 5) is 46.5. The van der Waals surface area contributed by atoms with E-state index in [-0.39, 0.29) is 25.0 Å². The normalized spacial score (nSPS) is 17.4. The van der Waals surface area contributed by atoms with E-state index < -0.39 is 5.97 Å². The molecule has 2 aromatic rings. The number of morpholine rings is 1. The van der Waals surface area contributed by atoms with Crippen molar-refractivity contribution >= 4 is 69.1 Å². The maximum absolute atomic E-state index is 13.2. The van der Waals surface area contributed by atoms with Crippen LogP contribution in [0.15, 0.2) is 46.3 Å². The van der Waals surface area contributed by atoms with Gasteiger partial charge in [-0.25, -0.2) is 9.79 Å². The quantitative estimate of drug-likeness (QED) is 0.219. The third-order valence-corrected chi connectivity index (χ3v) is 7.82. The number of likely N-dealkylation sites (N-methyl/N-ethyl adjacent to an activating group) is 1. The van der Waals surface area contributed by atoms with Gasteiger partial charge in [0.05, 0.1) is 41.1 Å². The van der Waals surface area contributed by atoms with E-state index in [1.807, 2.05) is 19.1 Å². The van der Waals surface area contributed by atoms with Gasteiger partial charge in [0.2, 0.25) is 0 Å². The summed E-state index contributed by atoms with van der Waals surface area (Å²) in [5.41, 5.74) is 1.87. The monoisotopic (exact) mass is 679 g/mol. The van der Waals surface area contributed by atoms with Crippen LogP contribution < -0.4 is 9.47 Å². The van der Waals surface area contributed by atoms with E-state index in [2.05, 4.69) is 22.6 Å². The minimum absolute atomic E-state index is 0.0633. The van der Waals surface area contributed by atoms with Crippen molar-refractivity contribution < 1.29 is 33.3 Å². The molecule has 0 unspecified atom stereocenters. The van der Waals surface area contributed by atoms with E-state index in [0.29, 0.717) is 69.2 Å². The van der Waals surface area contributed by atoms with Crippen molar-refractivity contribution in [3.63, 3.8) is 0 Å². The Labute approximate surface area is 250 Å². The molecule has 2 aromatic carbocycles. The number of nitrogens with zero attached hydrogens (tertiary/aromatic N) is 3. The molecule has 0 N–H and O–H groups in total. The van der Waals surface area contributed by atoms with Crippen molar-refractivity contribution in [2.75, 3.05) is 53.2 Å². The number of carbonyl (C=O) groups excluding carboxylic acids is 3. The first-order valence-electron chi connectivity index (χ1n) is 12.8. The first-order valence-corrected chi connectivity index (χ1v) is 14.7. The molecular formula is C28H30IN3O7S. The van der Waals surface area contributed by atoms with Crippen molar-refractivity contribution in [3.05, 3.63) is 56.0 Å². The fourth-order valence-electron chi connectivity index (χ4n) is 4.09. The highest BCUT2D eigenvalue weighted by atomic mass is 127. The number of rotatable bonds is 9. The number of aliphatic imine (C=N–C) groups is 1. The molecule has 2 amide bonds. The Bertz CT molecular complexity index is 1340. The summed E-state index contributed by atoms with van der Waals surface area (Å²) >= 11 is 3.37. The van der Waals surface area contributed by atoms with Crippen LogP contribution >= 0.6 is 34.4 Å². The topological polar surface area (TPSA) is 107 Å². The Balaban J connectivity index is 1.56. The van der Waals surface area contributed by atoms with Crippen LogP contribution in [0.3, 0.4) is 0 Å². The number of carbonyl (C=O) groups is 3. The van der Waals surface area contributed by atoms with Gasteiger partial charge in [-0.2, -0.15) is 0 Å². The van der Waals surface area contributed by atoms with Crippen molar-refractivity contribution in [3.8, 4) is 11.5 Å². The molecule has 2 saturated heterocycles. The van der Waals surface area contributed by atoms with Gasteiger partial charge >= 0.3 is 5.97 Å². The molecule has 2 aliphatic heterocycles. The SMILES string of the molecule is CCOC(=O)COc1c(I)cc(/C=C2/SC(=Nc3cccc(C(=O)N4CCOCC4)c3)N(CC)C2=O)cc1OC. The number of benzene rings is 2. The molecule has 0 aromatic heterocycles. The zero-order valence-electron chi connectivity index (χ0n) is 22.5. The number of esters is 1. The van der Waals surface area contributed by atoms with E-state index in [4.69, 9.17) is 23.9 Å². The number of amidine groups is 1. The summed E-state index contributed by atoms with van der Waals surface area (Å²) < 4.78 is 22.1. The lowest BCUT2D eigenvalue weighted by Gasteiger charge is -2.26. The number of hydrogen-bond acceptors (Lipinski definition) is 9. The van der Waals surface area contributed by atoms with Crippen molar-refractivity contribution in [2.45, 2.75) is 13.8 Å². The zero-order valence-corrected chi connectivity index (χ0v) is 25.5. The molecule has 40 heavy (non-hydrogen) atoms. The van der Waals surface area contributed by atoms with Gasteiger partial charge in [-0.15, -0.1) is 0 Å². The molecule has 212 valence electrons. The third-order valence-electron chi connectivity index (χ3n) is 6.01. The minimum atomic E-state index is -0.470. The van der Waals surface area contributed by atoms with Crippen LogP contribution in [0.5, 0.6) is 11.5 Å². The molecule has 0 bridgehead atoms. The lowest BCUT2D eigenvalue weighted by atomic mass is 10.1. The Morgan fingerprint density at radius 1 is 1.18 bits per heavy atom. The Kier molecular flexibility index (Phi) is 10.5. The average molecular weight is 680 g/mol. The fourth-order valence-corrected chi connectivity index (χ4v) is 5.93. The molecule has 2 heterocycles. The standard InChI is InChI=1S/C28H30IN3O7S/c1-4-32-27(35)23(15-18-13-21(29)25(22(14-18)36-3)39-17-24(33)38-5-2)40-28(32)30-20-8-6-7-19(16-20)26(34)31-9-11-37-12-10-31/h6-8,13-16H,4-5,9-12,17H2,1-3H3/b23-15+,30-28?. The summed E-state index contributed by atoms with van der Waals surface area (Å²) in [7, 11) is 1.51. The number of hydrogen-bond donors (Lipinski definition) is 0. The van der Waals surface area contributed by atoms with Crippen LogP contribution in [0.4, 0.5) is 5.69 Å². The highest BCUT2D eigenvalue weighted by molar-refractivity contribution is 14.1. The first-order chi connectivity index (χ1) is 19.3. The summed E-state index contributed by atoms with van der Waals surface area (Å²) in [6.07, 6.45) is 1.77. The van der Waals surface area contributed by atoms with Gasteiger partial charge in [0.25, 0.3) is 11.8 Å².